The highest BCUT2D eigenvalue weighted by Crippen LogP contribution is 2.34. The van der Waals surface area contributed by atoms with Crippen LogP contribution in [0.15, 0.2) is 48.5 Å². The van der Waals surface area contributed by atoms with Crippen molar-refractivity contribution in [2.24, 2.45) is 0 Å². The Labute approximate surface area is 153 Å². The van der Waals surface area contributed by atoms with Crippen LogP contribution >= 0.6 is 0 Å². The summed E-state index contributed by atoms with van der Waals surface area (Å²) in [6.07, 6.45) is -4.47. The van der Waals surface area contributed by atoms with Crippen molar-refractivity contribution < 1.29 is 18.1 Å². The molecule has 0 radical (unpaired) electrons. The first-order valence-corrected chi connectivity index (χ1v) is 8.11. The summed E-state index contributed by atoms with van der Waals surface area (Å²) in [6.45, 7) is 3.91. The van der Waals surface area contributed by atoms with E-state index in [1.165, 1.54) is 12.1 Å². The third kappa shape index (κ3) is 3.84. The van der Waals surface area contributed by atoms with Crippen LogP contribution in [0.3, 0.4) is 0 Å². The zero-order valence-corrected chi connectivity index (χ0v) is 14.6. The highest BCUT2D eigenvalue weighted by molar-refractivity contribution is 5.69. The number of aromatic nitrogens is 2. The highest BCUT2D eigenvalue weighted by Gasteiger charge is 2.31. The van der Waals surface area contributed by atoms with Gasteiger partial charge in [0.15, 0.2) is 5.69 Å². The summed E-state index contributed by atoms with van der Waals surface area (Å²) >= 11 is 0. The summed E-state index contributed by atoms with van der Waals surface area (Å²) in [4.78, 5) is 14.8. The van der Waals surface area contributed by atoms with Crippen LogP contribution in [0.1, 0.15) is 22.5 Å². The Morgan fingerprint density at radius 3 is 2.15 bits per heavy atom. The van der Waals surface area contributed by atoms with Crippen LogP contribution in [0.5, 0.6) is 0 Å². The summed E-state index contributed by atoms with van der Waals surface area (Å²) in [7, 11) is 0. The summed E-state index contributed by atoms with van der Waals surface area (Å²) in [5, 5.41) is 11.4. The van der Waals surface area contributed by atoms with Crippen LogP contribution in [0.2, 0.25) is 0 Å². The summed E-state index contributed by atoms with van der Waals surface area (Å²) in [6, 6.07) is 11.9. The number of alkyl halides is 3. The summed E-state index contributed by atoms with van der Waals surface area (Å²) in [5.41, 5.74) is 1.67. The lowest BCUT2D eigenvalue weighted by Gasteiger charge is -2.11. The van der Waals surface area contributed by atoms with Gasteiger partial charge in [0.05, 0.1) is 12.1 Å². The molecule has 3 rings (SSSR count). The molecule has 0 fully saturated rings. The van der Waals surface area contributed by atoms with Gasteiger partial charge in [0, 0.05) is 12.5 Å². The second-order valence-electron chi connectivity index (χ2n) is 6.24. The van der Waals surface area contributed by atoms with Crippen molar-refractivity contribution in [3.63, 3.8) is 0 Å². The van der Waals surface area contributed by atoms with Crippen molar-refractivity contribution in [3.05, 3.63) is 81.2 Å². The first kappa shape index (κ1) is 18.6. The van der Waals surface area contributed by atoms with Gasteiger partial charge < -0.3 is 10.1 Å². The standard InChI is InChI=1S/C19H16F3N3O2/c1-12-3-5-14(6-4-12)11-24-13(2)23-18(25(26)27)17(24)15-7-9-16(10-8-15)19(20,21)22/h3-10H,11H2,1-2H3. The second kappa shape index (κ2) is 6.86. The molecule has 0 spiro atoms. The monoisotopic (exact) mass is 375 g/mol. The lowest BCUT2D eigenvalue weighted by molar-refractivity contribution is -0.388. The molecule has 1 heterocycles. The van der Waals surface area contributed by atoms with Gasteiger partial charge in [-0.2, -0.15) is 13.2 Å². The molecule has 0 amide bonds. The molecule has 2 aromatic carbocycles. The molecule has 0 aliphatic heterocycles. The van der Waals surface area contributed by atoms with E-state index in [1.807, 2.05) is 31.2 Å². The molecule has 0 N–H and O–H groups in total. The Morgan fingerprint density at radius 1 is 1.04 bits per heavy atom. The van der Waals surface area contributed by atoms with E-state index in [-0.39, 0.29) is 11.5 Å². The molecule has 0 saturated heterocycles. The van der Waals surface area contributed by atoms with E-state index in [2.05, 4.69) is 4.98 Å². The molecule has 1 aromatic heterocycles. The fourth-order valence-corrected chi connectivity index (χ4v) is 2.85. The zero-order valence-electron chi connectivity index (χ0n) is 14.6. The maximum absolute atomic E-state index is 12.8. The molecule has 0 aliphatic carbocycles. The van der Waals surface area contributed by atoms with Gasteiger partial charge >= 0.3 is 12.0 Å². The quantitative estimate of drug-likeness (QED) is 0.468. The number of rotatable bonds is 4. The van der Waals surface area contributed by atoms with Crippen LogP contribution in [-0.4, -0.2) is 14.5 Å². The fourth-order valence-electron chi connectivity index (χ4n) is 2.85. The Kier molecular flexibility index (Phi) is 4.73. The SMILES string of the molecule is Cc1ccc(Cn2c(C)nc([N+](=O)[O-])c2-c2ccc(C(F)(F)F)cc2)cc1. The van der Waals surface area contributed by atoms with Gasteiger partial charge in [0.25, 0.3) is 0 Å². The first-order valence-electron chi connectivity index (χ1n) is 8.11. The number of nitrogens with zero attached hydrogens (tertiary/aromatic N) is 3. The Morgan fingerprint density at radius 2 is 1.63 bits per heavy atom. The average Bonchev–Trinajstić information content (AvgIpc) is 2.93. The minimum Gasteiger partial charge on any atom is -0.358 e. The number of hydrogen-bond acceptors (Lipinski definition) is 3. The van der Waals surface area contributed by atoms with Crippen molar-refractivity contribution in [1.29, 1.82) is 0 Å². The number of nitro groups is 1. The van der Waals surface area contributed by atoms with Crippen molar-refractivity contribution in [2.45, 2.75) is 26.6 Å². The van der Waals surface area contributed by atoms with E-state index in [0.29, 0.717) is 17.9 Å². The van der Waals surface area contributed by atoms with E-state index >= 15 is 0 Å². The van der Waals surface area contributed by atoms with Crippen molar-refractivity contribution in [2.75, 3.05) is 0 Å². The molecule has 0 atom stereocenters. The maximum Gasteiger partial charge on any atom is 0.416 e. The van der Waals surface area contributed by atoms with E-state index in [4.69, 9.17) is 0 Å². The van der Waals surface area contributed by atoms with E-state index in [9.17, 15) is 23.3 Å². The minimum atomic E-state index is -4.47. The number of benzene rings is 2. The second-order valence-corrected chi connectivity index (χ2v) is 6.24. The molecular weight excluding hydrogens is 359 g/mol. The Hall–Kier alpha value is -3.16. The number of halogens is 3. The fraction of sp³-hybridized carbons (Fsp3) is 0.211. The summed E-state index contributed by atoms with van der Waals surface area (Å²) in [5.74, 6) is 0.0385. The normalized spacial score (nSPS) is 11.6. The predicted molar refractivity (Wildman–Crippen MR) is 94.3 cm³/mol. The van der Waals surface area contributed by atoms with Crippen LogP contribution in [-0.2, 0) is 12.7 Å². The third-order valence-electron chi connectivity index (χ3n) is 4.26. The molecule has 0 saturated carbocycles. The Bertz CT molecular complexity index is 975. The largest absolute Gasteiger partial charge is 0.416 e. The topological polar surface area (TPSA) is 61.0 Å². The van der Waals surface area contributed by atoms with Crippen molar-refractivity contribution in [1.82, 2.24) is 9.55 Å². The summed E-state index contributed by atoms with van der Waals surface area (Å²) < 4.78 is 40.1. The molecule has 140 valence electrons. The average molecular weight is 375 g/mol. The molecule has 5 nitrogen and oxygen atoms in total. The molecular formula is C19H16F3N3O2. The van der Waals surface area contributed by atoms with Gasteiger partial charge in [-0.1, -0.05) is 42.0 Å². The lowest BCUT2D eigenvalue weighted by atomic mass is 10.1. The number of imidazole rings is 1. The predicted octanol–water partition coefficient (Wildman–Crippen LogP) is 5.14. The molecule has 8 heteroatoms. The molecule has 0 aliphatic rings. The van der Waals surface area contributed by atoms with Crippen molar-refractivity contribution >= 4 is 5.82 Å². The molecule has 3 aromatic rings. The van der Waals surface area contributed by atoms with Gasteiger partial charge in [-0.15, -0.1) is 0 Å². The maximum atomic E-state index is 12.8. The minimum absolute atomic E-state index is 0.187. The van der Waals surface area contributed by atoms with Gasteiger partial charge in [-0.05, 0) is 34.5 Å². The van der Waals surface area contributed by atoms with Gasteiger partial charge in [0.1, 0.15) is 0 Å². The van der Waals surface area contributed by atoms with Crippen LogP contribution in [0, 0.1) is 24.0 Å². The smallest absolute Gasteiger partial charge is 0.358 e. The van der Waals surface area contributed by atoms with Gasteiger partial charge in [-0.25, -0.2) is 0 Å². The van der Waals surface area contributed by atoms with Crippen LogP contribution < -0.4 is 0 Å². The number of aryl methyl sites for hydroxylation is 2. The molecule has 0 bridgehead atoms. The van der Waals surface area contributed by atoms with Crippen LogP contribution in [0.4, 0.5) is 19.0 Å². The number of hydrogen-bond donors (Lipinski definition) is 0. The highest BCUT2D eigenvalue weighted by atomic mass is 19.4. The van der Waals surface area contributed by atoms with E-state index < -0.39 is 16.7 Å². The Balaban J connectivity index is 2.09. The van der Waals surface area contributed by atoms with Crippen molar-refractivity contribution in [3.8, 4) is 11.3 Å². The van der Waals surface area contributed by atoms with Gasteiger partial charge in [-0.3, -0.25) is 4.57 Å². The van der Waals surface area contributed by atoms with E-state index in [0.717, 1.165) is 23.3 Å². The molecule has 27 heavy (non-hydrogen) atoms. The van der Waals surface area contributed by atoms with E-state index in [1.54, 1.807) is 11.5 Å². The molecule has 0 unspecified atom stereocenters. The lowest BCUT2D eigenvalue weighted by Crippen LogP contribution is -2.06. The zero-order chi connectivity index (χ0) is 19.8. The third-order valence-corrected chi connectivity index (χ3v) is 4.26. The van der Waals surface area contributed by atoms with Gasteiger partial charge in [0.2, 0.25) is 5.82 Å². The van der Waals surface area contributed by atoms with Crippen LogP contribution in [0.25, 0.3) is 11.3 Å². The first-order chi connectivity index (χ1) is 12.7.